The molecule has 0 saturated carbocycles. The van der Waals surface area contributed by atoms with Crippen LogP contribution >= 0.6 is 27.7 Å². The summed E-state index contributed by atoms with van der Waals surface area (Å²) >= 11 is 4.42. The topological polar surface area (TPSA) is 113 Å². The van der Waals surface area contributed by atoms with Crippen LogP contribution in [0.25, 0.3) is 0 Å². The number of hydrogen-bond donors (Lipinski definition) is 1. The van der Waals surface area contributed by atoms with Crippen molar-refractivity contribution in [1.82, 2.24) is 19.9 Å². The monoisotopic (exact) mass is 344 g/mol. The zero-order valence-electron chi connectivity index (χ0n) is 9.78. The fourth-order valence-electron chi connectivity index (χ4n) is 1.29. The number of nitrogen functional groups attached to an aromatic ring is 1. The van der Waals surface area contributed by atoms with Crippen molar-refractivity contribution in [3.63, 3.8) is 0 Å². The van der Waals surface area contributed by atoms with Crippen molar-refractivity contribution in [3.05, 3.63) is 32.7 Å². The first-order valence-corrected chi connectivity index (χ1v) is 6.81. The first kappa shape index (κ1) is 13.7. The predicted molar refractivity (Wildman–Crippen MR) is 72.3 cm³/mol. The summed E-state index contributed by atoms with van der Waals surface area (Å²) in [6.07, 6.45) is 1.85. The second-order valence-corrected chi connectivity index (χ2v) is 5.27. The standard InChI is InChI=1S/C9H9BrN6O2S/c1-2-7-13-14-9(15(7)11)19-8-6(10)3-5(4-12-8)16(17)18/h3-4H,2,11H2,1H3. The highest BCUT2D eigenvalue weighted by atomic mass is 79.9. The first-order valence-electron chi connectivity index (χ1n) is 5.20. The molecule has 2 aromatic rings. The minimum atomic E-state index is -0.507. The predicted octanol–water partition coefficient (Wildman–Crippen LogP) is 1.77. The Morgan fingerprint density at radius 1 is 1.58 bits per heavy atom. The maximum Gasteiger partial charge on any atom is 0.288 e. The normalized spacial score (nSPS) is 10.6. The third kappa shape index (κ3) is 2.84. The second kappa shape index (κ2) is 5.53. The highest BCUT2D eigenvalue weighted by molar-refractivity contribution is 9.10. The molecule has 10 heteroatoms. The molecule has 2 N–H and O–H groups in total. The van der Waals surface area contributed by atoms with E-state index in [1.807, 2.05) is 6.92 Å². The van der Waals surface area contributed by atoms with E-state index in [1.54, 1.807) is 0 Å². The Morgan fingerprint density at radius 3 is 2.84 bits per heavy atom. The number of nitrogens with two attached hydrogens (primary N) is 1. The van der Waals surface area contributed by atoms with Crippen LogP contribution in [0.3, 0.4) is 0 Å². The Kier molecular flexibility index (Phi) is 4.00. The van der Waals surface area contributed by atoms with E-state index in [2.05, 4.69) is 31.1 Å². The van der Waals surface area contributed by atoms with E-state index in [-0.39, 0.29) is 5.69 Å². The Bertz CT molecular complexity index is 631. The van der Waals surface area contributed by atoms with Gasteiger partial charge < -0.3 is 5.84 Å². The summed E-state index contributed by atoms with van der Waals surface area (Å²) in [5.41, 5.74) is -0.0836. The molecule has 0 radical (unpaired) electrons. The molecule has 100 valence electrons. The van der Waals surface area contributed by atoms with Gasteiger partial charge in [0, 0.05) is 12.5 Å². The summed E-state index contributed by atoms with van der Waals surface area (Å²) in [5.74, 6) is 6.46. The smallest absolute Gasteiger partial charge is 0.288 e. The van der Waals surface area contributed by atoms with Crippen LogP contribution in [0, 0.1) is 10.1 Å². The molecule has 0 aromatic carbocycles. The van der Waals surface area contributed by atoms with E-state index in [0.717, 1.165) is 0 Å². The lowest BCUT2D eigenvalue weighted by atomic mass is 10.4. The van der Waals surface area contributed by atoms with Crippen LogP contribution in [-0.2, 0) is 6.42 Å². The van der Waals surface area contributed by atoms with Gasteiger partial charge in [0.15, 0.2) is 5.82 Å². The average molecular weight is 345 g/mol. The van der Waals surface area contributed by atoms with Crippen LogP contribution < -0.4 is 5.84 Å². The van der Waals surface area contributed by atoms with Gasteiger partial charge in [-0.3, -0.25) is 10.1 Å². The fraction of sp³-hybridized carbons (Fsp3) is 0.222. The number of rotatable bonds is 4. The number of halogens is 1. The Morgan fingerprint density at radius 2 is 2.32 bits per heavy atom. The van der Waals surface area contributed by atoms with Crippen molar-refractivity contribution in [3.8, 4) is 0 Å². The second-order valence-electron chi connectivity index (χ2n) is 3.46. The van der Waals surface area contributed by atoms with Gasteiger partial charge in [0.25, 0.3) is 5.69 Å². The van der Waals surface area contributed by atoms with Crippen molar-refractivity contribution in [2.24, 2.45) is 0 Å². The molecule has 0 fully saturated rings. The van der Waals surface area contributed by atoms with Gasteiger partial charge in [-0.2, -0.15) is 0 Å². The highest BCUT2D eigenvalue weighted by Crippen LogP contribution is 2.32. The van der Waals surface area contributed by atoms with E-state index in [4.69, 9.17) is 5.84 Å². The van der Waals surface area contributed by atoms with Crippen LogP contribution in [0.5, 0.6) is 0 Å². The van der Waals surface area contributed by atoms with Crippen LogP contribution in [-0.4, -0.2) is 24.8 Å². The lowest BCUT2D eigenvalue weighted by Gasteiger charge is -2.03. The Hall–Kier alpha value is -1.68. The number of aryl methyl sites for hydroxylation is 1. The molecule has 2 rings (SSSR count). The van der Waals surface area contributed by atoms with Gasteiger partial charge in [-0.05, 0) is 27.7 Å². The lowest BCUT2D eigenvalue weighted by molar-refractivity contribution is -0.385. The van der Waals surface area contributed by atoms with E-state index in [1.165, 1.54) is 28.7 Å². The molecular weight excluding hydrogens is 336 g/mol. The maximum absolute atomic E-state index is 10.6. The summed E-state index contributed by atoms with van der Waals surface area (Å²) in [4.78, 5) is 14.1. The quantitative estimate of drug-likeness (QED) is 0.510. The van der Waals surface area contributed by atoms with Crippen molar-refractivity contribution in [2.45, 2.75) is 23.5 Å². The van der Waals surface area contributed by atoms with E-state index < -0.39 is 4.92 Å². The highest BCUT2D eigenvalue weighted by Gasteiger charge is 2.15. The Labute approximate surface area is 120 Å². The third-order valence-corrected chi connectivity index (χ3v) is 4.09. The fourth-order valence-corrected chi connectivity index (χ4v) is 2.59. The lowest BCUT2D eigenvalue weighted by Crippen LogP contribution is -2.13. The number of nitrogens with zero attached hydrogens (tertiary/aromatic N) is 5. The molecule has 0 atom stereocenters. The molecule has 0 aliphatic carbocycles. The summed E-state index contributed by atoms with van der Waals surface area (Å²) in [5, 5.41) is 19.5. The van der Waals surface area contributed by atoms with Crippen molar-refractivity contribution >= 4 is 33.4 Å². The SMILES string of the molecule is CCc1nnc(Sc2ncc([N+](=O)[O-])cc2Br)n1N. The Balaban J connectivity index is 2.28. The number of pyridine rings is 1. The third-order valence-electron chi connectivity index (χ3n) is 2.24. The molecule has 0 spiro atoms. The van der Waals surface area contributed by atoms with Crippen molar-refractivity contribution in [2.75, 3.05) is 5.84 Å². The average Bonchev–Trinajstić information content (AvgIpc) is 2.72. The van der Waals surface area contributed by atoms with Crippen LogP contribution in [0.1, 0.15) is 12.7 Å². The van der Waals surface area contributed by atoms with Gasteiger partial charge in [-0.1, -0.05) is 6.92 Å². The summed E-state index contributed by atoms with van der Waals surface area (Å²) in [7, 11) is 0. The van der Waals surface area contributed by atoms with E-state index >= 15 is 0 Å². The minimum Gasteiger partial charge on any atom is -0.336 e. The van der Waals surface area contributed by atoms with Crippen molar-refractivity contribution in [1.29, 1.82) is 0 Å². The van der Waals surface area contributed by atoms with Gasteiger partial charge in [0.05, 0.1) is 9.40 Å². The molecule has 0 aliphatic heterocycles. The molecule has 19 heavy (non-hydrogen) atoms. The zero-order valence-corrected chi connectivity index (χ0v) is 12.2. The van der Waals surface area contributed by atoms with Gasteiger partial charge in [0.1, 0.15) is 11.2 Å². The molecule has 0 saturated heterocycles. The maximum atomic E-state index is 10.6. The van der Waals surface area contributed by atoms with E-state index in [0.29, 0.717) is 26.9 Å². The van der Waals surface area contributed by atoms with Gasteiger partial charge in [-0.15, -0.1) is 10.2 Å². The van der Waals surface area contributed by atoms with Crippen LogP contribution in [0.2, 0.25) is 0 Å². The largest absolute Gasteiger partial charge is 0.336 e. The molecule has 2 heterocycles. The molecule has 0 aliphatic rings. The van der Waals surface area contributed by atoms with Gasteiger partial charge in [-0.25, -0.2) is 9.66 Å². The molecule has 0 amide bonds. The molecular formula is C9H9BrN6O2S. The number of hydrogen-bond acceptors (Lipinski definition) is 7. The van der Waals surface area contributed by atoms with E-state index in [9.17, 15) is 10.1 Å². The van der Waals surface area contributed by atoms with Gasteiger partial charge >= 0.3 is 0 Å². The first-order chi connectivity index (χ1) is 9.02. The summed E-state index contributed by atoms with van der Waals surface area (Å²) in [6.45, 7) is 1.92. The molecule has 0 unspecified atom stereocenters. The molecule has 0 bridgehead atoms. The van der Waals surface area contributed by atoms with Gasteiger partial charge in [0.2, 0.25) is 5.16 Å². The van der Waals surface area contributed by atoms with Crippen molar-refractivity contribution < 1.29 is 4.92 Å². The molecule has 2 aromatic heterocycles. The van der Waals surface area contributed by atoms with Crippen LogP contribution in [0.15, 0.2) is 26.9 Å². The van der Waals surface area contributed by atoms with Crippen LogP contribution in [0.4, 0.5) is 5.69 Å². The zero-order chi connectivity index (χ0) is 14.0. The molecule has 8 nitrogen and oxygen atoms in total. The summed E-state index contributed by atoms with van der Waals surface area (Å²) in [6, 6.07) is 1.38. The number of aromatic nitrogens is 4. The minimum absolute atomic E-state index is 0.0836. The number of nitro groups is 1. The summed E-state index contributed by atoms with van der Waals surface area (Å²) < 4.78 is 1.88.